The van der Waals surface area contributed by atoms with Crippen LogP contribution in [0.3, 0.4) is 0 Å². The number of carbonyl (C=O) groups is 3. The van der Waals surface area contributed by atoms with E-state index >= 15 is 0 Å². The zero-order valence-corrected chi connectivity index (χ0v) is 19.4. The van der Waals surface area contributed by atoms with Crippen molar-refractivity contribution in [2.24, 2.45) is 0 Å². The molecule has 0 aromatic heterocycles. The van der Waals surface area contributed by atoms with Crippen LogP contribution in [0.2, 0.25) is 0 Å². The number of anilines is 1. The fraction of sp³-hybridized carbons (Fsp3) is 0.346. The van der Waals surface area contributed by atoms with Crippen molar-refractivity contribution < 1.29 is 28.6 Å². The third-order valence-corrected chi connectivity index (χ3v) is 6.43. The van der Waals surface area contributed by atoms with Crippen molar-refractivity contribution in [1.29, 1.82) is 0 Å². The Hall–Kier alpha value is -3.52. The van der Waals surface area contributed by atoms with Gasteiger partial charge >= 0.3 is 0 Å². The molecule has 34 heavy (non-hydrogen) atoms. The third-order valence-electron chi connectivity index (χ3n) is 6.43. The highest BCUT2D eigenvalue weighted by Crippen LogP contribution is 2.53. The minimum Gasteiger partial charge on any atom is -0.507 e. The number of hydrogen-bond acceptors (Lipinski definition) is 5. The summed E-state index contributed by atoms with van der Waals surface area (Å²) in [4.78, 5) is 43.6. The lowest BCUT2D eigenvalue weighted by Crippen LogP contribution is -2.52. The van der Waals surface area contributed by atoms with Gasteiger partial charge in [-0.25, -0.2) is 4.39 Å². The number of methoxy groups -OCH3 is 1. The first kappa shape index (κ1) is 23.6. The summed E-state index contributed by atoms with van der Waals surface area (Å²) in [6.45, 7) is 4.25. The van der Waals surface area contributed by atoms with Crippen LogP contribution in [0.1, 0.15) is 36.5 Å². The van der Waals surface area contributed by atoms with Crippen LogP contribution in [-0.4, -0.2) is 54.4 Å². The van der Waals surface area contributed by atoms with Gasteiger partial charge in [-0.05, 0) is 37.5 Å². The van der Waals surface area contributed by atoms with Crippen molar-refractivity contribution in [3.63, 3.8) is 0 Å². The number of Topliss-reactive ketones (excluding diaryl/α,β-unsaturated/α-hetero) is 1. The van der Waals surface area contributed by atoms with Crippen LogP contribution < -0.4 is 4.90 Å². The van der Waals surface area contributed by atoms with Gasteiger partial charge in [0, 0.05) is 37.9 Å². The number of hydrogen-bond donors (Lipinski definition) is 1. The highest BCUT2D eigenvalue weighted by atomic mass is 19.1. The summed E-state index contributed by atoms with van der Waals surface area (Å²) in [5, 5.41) is 11.3. The maximum Gasteiger partial charge on any atom is 0.296 e. The summed E-state index contributed by atoms with van der Waals surface area (Å²) in [6.07, 6.45) is 1.03. The van der Waals surface area contributed by atoms with Crippen LogP contribution in [0, 0.1) is 12.7 Å². The Balaban J connectivity index is 2.03. The summed E-state index contributed by atoms with van der Waals surface area (Å²) in [7, 11) is 1.52. The maximum absolute atomic E-state index is 14.3. The predicted molar refractivity (Wildman–Crippen MR) is 125 cm³/mol. The molecule has 178 valence electrons. The van der Waals surface area contributed by atoms with Gasteiger partial charge < -0.3 is 19.6 Å². The van der Waals surface area contributed by atoms with Crippen LogP contribution in [0.4, 0.5) is 10.1 Å². The molecule has 1 spiro atoms. The highest BCUT2D eigenvalue weighted by molar-refractivity contribution is 6.50. The molecule has 1 saturated heterocycles. The standard InChI is InChI=1S/C26H27FN2O5/c1-4-12-28-20-9-6-5-8-18(20)26(25(28)33)21(22(30)17-11-10-16(2)19(27)15-17)23(31)24(32)29(26)13-7-14-34-3/h5-6,8-11,15,30H,4,7,12-14H2,1-3H3/t26-/m1/s1. The number of fused-ring (bicyclic) bond motifs is 2. The Labute approximate surface area is 197 Å². The second-order valence-electron chi connectivity index (χ2n) is 8.50. The summed E-state index contributed by atoms with van der Waals surface area (Å²) >= 11 is 0. The molecule has 2 aromatic rings. The number of rotatable bonds is 7. The summed E-state index contributed by atoms with van der Waals surface area (Å²) < 4.78 is 19.5. The molecule has 0 aliphatic carbocycles. The Morgan fingerprint density at radius 2 is 1.85 bits per heavy atom. The van der Waals surface area contributed by atoms with E-state index in [1.54, 1.807) is 36.1 Å². The first-order valence-electron chi connectivity index (χ1n) is 11.3. The van der Waals surface area contributed by atoms with Gasteiger partial charge in [-0.15, -0.1) is 0 Å². The Morgan fingerprint density at radius 3 is 2.53 bits per heavy atom. The topological polar surface area (TPSA) is 87.2 Å². The van der Waals surface area contributed by atoms with Gasteiger partial charge in [0.2, 0.25) is 0 Å². The zero-order chi connectivity index (χ0) is 24.6. The molecular weight excluding hydrogens is 439 g/mol. The van der Waals surface area contributed by atoms with Gasteiger partial charge in [-0.3, -0.25) is 14.4 Å². The van der Waals surface area contributed by atoms with E-state index in [-0.39, 0.29) is 17.7 Å². The molecular formula is C26H27FN2O5. The van der Waals surface area contributed by atoms with E-state index < -0.39 is 34.7 Å². The fourth-order valence-electron chi connectivity index (χ4n) is 4.86. The molecule has 0 radical (unpaired) electrons. The van der Waals surface area contributed by atoms with Gasteiger partial charge in [0.05, 0.1) is 11.3 Å². The molecule has 2 aliphatic rings. The number of aryl methyl sites for hydroxylation is 1. The fourth-order valence-corrected chi connectivity index (χ4v) is 4.86. The highest BCUT2D eigenvalue weighted by Gasteiger charge is 2.66. The van der Waals surface area contributed by atoms with Gasteiger partial charge in [-0.1, -0.05) is 37.3 Å². The largest absolute Gasteiger partial charge is 0.507 e. The Morgan fingerprint density at radius 1 is 1.12 bits per heavy atom. The number of ether oxygens (including phenoxy) is 1. The molecule has 1 atom stereocenters. The normalized spacial score (nSPS) is 21.1. The summed E-state index contributed by atoms with van der Waals surface area (Å²) in [6, 6.07) is 11.0. The van der Waals surface area contributed by atoms with Crippen LogP contribution >= 0.6 is 0 Å². The molecule has 1 fully saturated rings. The van der Waals surface area contributed by atoms with Crippen LogP contribution in [0.5, 0.6) is 0 Å². The third kappa shape index (κ3) is 3.32. The van der Waals surface area contributed by atoms with E-state index in [1.165, 1.54) is 24.1 Å². The molecule has 2 heterocycles. The first-order valence-corrected chi connectivity index (χ1v) is 11.3. The number of amides is 2. The number of benzene rings is 2. The van der Waals surface area contributed by atoms with E-state index in [9.17, 15) is 23.9 Å². The second-order valence-corrected chi connectivity index (χ2v) is 8.50. The molecule has 7 nitrogen and oxygen atoms in total. The SMILES string of the molecule is CCCN1C(=O)[C@]2(C(=C(O)c3ccc(C)c(F)c3)C(=O)C(=O)N2CCCOC)c2ccccc21. The van der Waals surface area contributed by atoms with E-state index in [1.807, 2.05) is 6.92 Å². The monoisotopic (exact) mass is 466 g/mol. The van der Waals surface area contributed by atoms with E-state index in [4.69, 9.17) is 4.74 Å². The average Bonchev–Trinajstić information content (AvgIpc) is 3.20. The number of aliphatic hydroxyl groups excluding tert-OH is 1. The molecule has 2 aromatic carbocycles. The smallest absolute Gasteiger partial charge is 0.296 e. The molecule has 1 N–H and O–H groups in total. The van der Waals surface area contributed by atoms with Crippen LogP contribution in [0.15, 0.2) is 48.0 Å². The van der Waals surface area contributed by atoms with Gasteiger partial charge in [0.1, 0.15) is 11.6 Å². The number of halogens is 1. The number of carbonyl (C=O) groups excluding carboxylic acids is 3. The van der Waals surface area contributed by atoms with Gasteiger partial charge in [0.25, 0.3) is 17.6 Å². The maximum atomic E-state index is 14.3. The van der Waals surface area contributed by atoms with Crippen molar-refractivity contribution in [1.82, 2.24) is 4.90 Å². The van der Waals surface area contributed by atoms with Crippen molar-refractivity contribution in [3.8, 4) is 0 Å². The number of likely N-dealkylation sites (tertiary alicyclic amines) is 1. The predicted octanol–water partition coefficient (Wildman–Crippen LogP) is 3.50. The van der Waals surface area contributed by atoms with Crippen LogP contribution in [0.25, 0.3) is 5.76 Å². The van der Waals surface area contributed by atoms with Crippen LogP contribution in [-0.2, 0) is 24.7 Å². The van der Waals surface area contributed by atoms with Crippen molar-refractivity contribution in [2.75, 3.05) is 31.7 Å². The lowest BCUT2D eigenvalue weighted by molar-refractivity contribution is -0.143. The lowest BCUT2D eigenvalue weighted by Gasteiger charge is -2.34. The minimum atomic E-state index is -1.83. The molecule has 0 saturated carbocycles. The Kier molecular flexibility index (Phi) is 6.27. The number of aliphatic hydroxyl groups is 1. The molecule has 0 unspecified atom stereocenters. The number of ketones is 1. The molecule has 0 bridgehead atoms. The average molecular weight is 467 g/mol. The molecule has 4 rings (SSSR count). The molecule has 2 aliphatic heterocycles. The van der Waals surface area contributed by atoms with Crippen molar-refractivity contribution in [3.05, 3.63) is 70.5 Å². The van der Waals surface area contributed by atoms with E-state index in [0.29, 0.717) is 42.8 Å². The van der Waals surface area contributed by atoms with E-state index in [2.05, 4.69) is 0 Å². The number of para-hydroxylation sites is 1. The summed E-state index contributed by atoms with van der Waals surface area (Å²) in [5.41, 5.74) is -0.763. The molecule has 2 amide bonds. The van der Waals surface area contributed by atoms with E-state index in [0.717, 1.165) is 6.07 Å². The van der Waals surface area contributed by atoms with Crippen molar-refractivity contribution >= 4 is 29.0 Å². The summed E-state index contributed by atoms with van der Waals surface area (Å²) in [5.74, 6) is -3.49. The lowest BCUT2D eigenvalue weighted by atomic mass is 9.81. The van der Waals surface area contributed by atoms with Gasteiger partial charge in [-0.2, -0.15) is 0 Å². The minimum absolute atomic E-state index is 0.0246. The Bertz CT molecular complexity index is 1210. The number of nitrogens with zero attached hydrogens (tertiary/aromatic N) is 2. The van der Waals surface area contributed by atoms with Gasteiger partial charge in [0.15, 0.2) is 5.54 Å². The molecule has 8 heteroatoms. The zero-order valence-electron chi connectivity index (χ0n) is 19.4. The first-order chi connectivity index (χ1) is 16.3. The quantitative estimate of drug-likeness (QED) is 0.292. The van der Waals surface area contributed by atoms with Crippen molar-refractivity contribution in [2.45, 2.75) is 32.2 Å². The second kappa shape index (κ2) is 9.02.